The van der Waals surface area contributed by atoms with Gasteiger partial charge in [-0.25, -0.2) is 0 Å². The zero-order valence-corrected chi connectivity index (χ0v) is 12.4. The SMILES string of the molecule is Cl.Cl.Cl.Cl.Cl.O=[PH](Cl)Cl.P. The molecule has 0 aromatic heterocycles. The monoisotopic (exact) mass is 332 g/mol. The summed E-state index contributed by atoms with van der Waals surface area (Å²) in [5.41, 5.74) is 0. The Bertz CT molecular complexity index is 34.6. The first-order chi connectivity index (χ1) is 1.73. The summed E-state index contributed by atoms with van der Waals surface area (Å²) in [6.07, 6.45) is 0. The second-order valence-corrected chi connectivity index (χ2v) is 3.32. The van der Waals surface area contributed by atoms with Gasteiger partial charge in [-0.2, -0.15) is 9.90 Å². The Hall–Kier alpha value is 2.69. The number of rotatable bonds is 0. The van der Waals surface area contributed by atoms with Crippen LogP contribution in [0.25, 0.3) is 0 Å². The zero-order chi connectivity index (χ0) is 3.58. The van der Waals surface area contributed by atoms with Gasteiger partial charge in [-0.15, -0.1) is 62.0 Å². The van der Waals surface area contributed by atoms with Crippen LogP contribution in [0.15, 0.2) is 0 Å². The predicted octanol–water partition coefficient (Wildman–Crippen LogP) is 4.02. The fourth-order valence-corrected chi connectivity index (χ4v) is 0. The van der Waals surface area contributed by atoms with E-state index >= 15 is 0 Å². The maximum atomic E-state index is 9.16. The zero-order valence-electron chi connectivity index (χ0n) is 4.41. The van der Waals surface area contributed by atoms with E-state index < -0.39 is 6.51 Å². The molecule has 74 valence electrons. The molecule has 0 aliphatic rings. The molecule has 0 fully saturated rings. The maximum absolute atomic E-state index is 9.16. The lowest BCUT2D eigenvalue weighted by molar-refractivity contribution is 0.602. The lowest BCUT2D eigenvalue weighted by atomic mass is 16.0. The normalized spacial score (nSPS) is 3.50. The van der Waals surface area contributed by atoms with Gasteiger partial charge >= 0.3 is 0 Å². The first-order valence-corrected chi connectivity index (χ1v) is 4.01. The minimum Gasteiger partial charge on any atom is -0.293 e. The summed E-state index contributed by atoms with van der Waals surface area (Å²) in [6.45, 7) is -2.19. The van der Waals surface area contributed by atoms with E-state index in [9.17, 15) is 0 Å². The first-order valence-electron chi connectivity index (χ1n) is 0.582. The number of hydrogen-bond acceptors (Lipinski definition) is 1. The summed E-state index contributed by atoms with van der Waals surface area (Å²) in [6, 6.07) is 0. The first kappa shape index (κ1) is 53.6. The molecule has 0 aliphatic carbocycles. The second-order valence-electron chi connectivity index (χ2n) is 0.226. The van der Waals surface area contributed by atoms with Crippen LogP contribution in [-0.4, -0.2) is 0 Å². The van der Waals surface area contributed by atoms with Crippen molar-refractivity contribution in [1.29, 1.82) is 0 Å². The molecular formula is H9Cl7OP2. The number of halogens is 7. The minimum atomic E-state index is -2.19. The molecule has 0 radical (unpaired) electrons. The quantitative estimate of drug-likeness (QED) is 0.611. The topological polar surface area (TPSA) is 17.1 Å². The van der Waals surface area contributed by atoms with Crippen molar-refractivity contribution >= 4 is 101 Å². The van der Waals surface area contributed by atoms with Gasteiger partial charge in [-0.1, -0.05) is 0 Å². The van der Waals surface area contributed by atoms with Gasteiger partial charge in [0.15, 0.2) is 0 Å². The van der Waals surface area contributed by atoms with E-state index in [0.29, 0.717) is 0 Å². The minimum absolute atomic E-state index is 0. The van der Waals surface area contributed by atoms with Crippen molar-refractivity contribution in [3.05, 3.63) is 0 Å². The van der Waals surface area contributed by atoms with Gasteiger partial charge in [-0.05, 0) is 22.5 Å². The fraction of sp³-hybridized carbons (Fsp3) is 0. The van der Waals surface area contributed by atoms with Gasteiger partial charge in [0, 0.05) is 0 Å². The van der Waals surface area contributed by atoms with E-state index in [0.717, 1.165) is 0 Å². The highest BCUT2D eigenvalue weighted by Gasteiger charge is 1.67. The lowest BCUT2D eigenvalue weighted by Crippen LogP contribution is -0.953. The second kappa shape index (κ2) is 41.3. The average molecular weight is 335 g/mol. The van der Waals surface area contributed by atoms with Crippen LogP contribution in [0.4, 0.5) is 0 Å². The van der Waals surface area contributed by atoms with Crippen LogP contribution in [-0.2, 0) is 4.57 Å². The Morgan fingerprint density at radius 3 is 0.800 bits per heavy atom. The molecule has 0 amide bonds. The van der Waals surface area contributed by atoms with Crippen molar-refractivity contribution in [3.63, 3.8) is 0 Å². The lowest BCUT2D eigenvalue weighted by Gasteiger charge is -1.52. The summed E-state index contributed by atoms with van der Waals surface area (Å²) in [5, 5.41) is 0. The van der Waals surface area contributed by atoms with Crippen LogP contribution in [0.1, 0.15) is 0 Å². The van der Waals surface area contributed by atoms with Crippen LogP contribution < -0.4 is 0 Å². The molecule has 1 atom stereocenters. The van der Waals surface area contributed by atoms with Crippen molar-refractivity contribution in [1.82, 2.24) is 0 Å². The standard InChI is InChI=1S/Cl2HOP.5ClH.H3P/c1-4(2)3;;;;;;/h4H;5*1H;1H3. The molecule has 1 unspecified atom stereocenters. The summed E-state index contributed by atoms with van der Waals surface area (Å²) >= 11 is 9.17. The van der Waals surface area contributed by atoms with Gasteiger partial charge in [0.2, 0.25) is 6.51 Å². The van der Waals surface area contributed by atoms with Crippen LogP contribution in [0.2, 0.25) is 0 Å². The summed E-state index contributed by atoms with van der Waals surface area (Å²) < 4.78 is 9.16. The molecule has 10 heteroatoms. The van der Waals surface area contributed by atoms with Crippen LogP contribution in [0.3, 0.4) is 0 Å². The Labute approximate surface area is 105 Å². The van der Waals surface area contributed by atoms with Crippen molar-refractivity contribution < 1.29 is 4.57 Å². The van der Waals surface area contributed by atoms with E-state index in [1.807, 2.05) is 0 Å². The Balaban J connectivity index is -0.00000000300. The van der Waals surface area contributed by atoms with E-state index in [1.165, 1.54) is 0 Å². The van der Waals surface area contributed by atoms with E-state index in [1.54, 1.807) is 0 Å². The largest absolute Gasteiger partial charge is 0.293 e. The molecule has 0 N–H and O–H groups in total. The number of hydrogen-bond donors (Lipinski definition) is 0. The Morgan fingerprint density at radius 2 is 0.800 bits per heavy atom. The van der Waals surface area contributed by atoms with Gasteiger partial charge in [0.05, 0.1) is 0 Å². The summed E-state index contributed by atoms with van der Waals surface area (Å²) in [5.74, 6) is 0. The molecule has 1 nitrogen and oxygen atoms in total. The van der Waals surface area contributed by atoms with E-state index in [-0.39, 0.29) is 71.9 Å². The molecule has 0 saturated heterocycles. The average Bonchev–Trinajstić information content (AvgIpc) is 0.811. The van der Waals surface area contributed by atoms with E-state index in [2.05, 4.69) is 22.5 Å². The molecule has 0 aliphatic heterocycles. The van der Waals surface area contributed by atoms with Crippen molar-refractivity contribution in [2.75, 3.05) is 0 Å². The molecule has 0 aromatic rings. The van der Waals surface area contributed by atoms with Crippen molar-refractivity contribution in [2.24, 2.45) is 0 Å². The van der Waals surface area contributed by atoms with E-state index in [4.69, 9.17) is 4.57 Å². The summed E-state index contributed by atoms with van der Waals surface area (Å²) in [7, 11) is 0. The van der Waals surface area contributed by atoms with Gasteiger partial charge in [0.25, 0.3) is 0 Å². The highest BCUT2D eigenvalue weighted by molar-refractivity contribution is 7.95. The molecular weight excluding hydrogens is 326 g/mol. The third kappa shape index (κ3) is 139. The molecule has 0 aromatic carbocycles. The van der Waals surface area contributed by atoms with Gasteiger partial charge in [-0.3, -0.25) is 4.57 Å². The molecule has 10 heavy (non-hydrogen) atoms. The van der Waals surface area contributed by atoms with Crippen molar-refractivity contribution in [3.8, 4) is 0 Å². The predicted molar refractivity (Wildman–Crippen MR) is 68.1 cm³/mol. The Morgan fingerprint density at radius 1 is 0.800 bits per heavy atom. The highest BCUT2D eigenvalue weighted by atomic mass is 35.9. The molecule has 0 saturated carbocycles. The molecule has 0 heterocycles. The van der Waals surface area contributed by atoms with Crippen LogP contribution in [0, 0.1) is 0 Å². The molecule has 0 bridgehead atoms. The van der Waals surface area contributed by atoms with Crippen LogP contribution in [0.5, 0.6) is 0 Å². The summed E-state index contributed by atoms with van der Waals surface area (Å²) in [4.78, 5) is 0. The van der Waals surface area contributed by atoms with Gasteiger partial charge < -0.3 is 0 Å². The van der Waals surface area contributed by atoms with Crippen molar-refractivity contribution in [2.45, 2.75) is 0 Å². The third-order valence-corrected chi connectivity index (χ3v) is 0. The smallest absolute Gasteiger partial charge is 0.241 e. The fourth-order valence-electron chi connectivity index (χ4n) is 0. The molecule has 0 spiro atoms. The third-order valence-electron chi connectivity index (χ3n) is 0. The molecule has 0 rings (SSSR count). The maximum Gasteiger partial charge on any atom is 0.241 e. The van der Waals surface area contributed by atoms with Crippen LogP contribution >= 0.6 is 101 Å². The van der Waals surface area contributed by atoms with Gasteiger partial charge in [0.1, 0.15) is 0 Å². The highest BCUT2D eigenvalue weighted by Crippen LogP contribution is 2.31. The Kier molecular flexibility index (Phi) is 221.